The average molecular weight is 345 g/mol. The molecule has 2 unspecified atom stereocenters. The van der Waals surface area contributed by atoms with Crippen molar-refractivity contribution in [2.24, 2.45) is 0 Å². The number of fused-ring (bicyclic) bond motifs is 1. The van der Waals surface area contributed by atoms with Gasteiger partial charge in [0, 0.05) is 30.4 Å². The number of ether oxygens (including phenoxy) is 2. The predicted octanol–water partition coefficient (Wildman–Crippen LogP) is 1.42. The SMILES string of the molecule is CCc1cc(NC2COCC2N2CCOCC2)n2nc(C)c(C)c2n1. The normalized spacial score (nSPS) is 24.9. The van der Waals surface area contributed by atoms with E-state index in [1.807, 2.05) is 11.4 Å². The molecular weight excluding hydrogens is 318 g/mol. The molecule has 2 atom stereocenters. The second kappa shape index (κ2) is 6.90. The maximum Gasteiger partial charge on any atom is 0.160 e. The van der Waals surface area contributed by atoms with Crippen LogP contribution in [0.2, 0.25) is 0 Å². The van der Waals surface area contributed by atoms with Gasteiger partial charge in [0.15, 0.2) is 5.65 Å². The Bertz CT molecular complexity index is 753. The maximum absolute atomic E-state index is 5.80. The van der Waals surface area contributed by atoms with Crippen molar-refractivity contribution >= 4 is 11.5 Å². The van der Waals surface area contributed by atoms with E-state index in [9.17, 15) is 0 Å². The second-order valence-corrected chi connectivity index (χ2v) is 6.94. The average Bonchev–Trinajstić information content (AvgIpc) is 3.21. The molecule has 2 aliphatic heterocycles. The van der Waals surface area contributed by atoms with Gasteiger partial charge >= 0.3 is 0 Å². The van der Waals surface area contributed by atoms with Crippen molar-refractivity contribution in [3.63, 3.8) is 0 Å². The van der Waals surface area contributed by atoms with Crippen molar-refractivity contribution in [1.82, 2.24) is 19.5 Å². The van der Waals surface area contributed by atoms with Gasteiger partial charge in [-0.1, -0.05) is 6.92 Å². The summed E-state index contributed by atoms with van der Waals surface area (Å²) in [7, 11) is 0. The van der Waals surface area contributed by atoms with E-state index < -0.39 is 0 Å². The van der Waals surface area contributed by atoms with Crippen molar-refractivity contribution in [2.45, 2.75) is 39.3 Å². The van der Waals surface area contributed by atoms with Crippen molar-refractivity contribution in [2.75, 3.05) is 44.8 Å². The van der Waals surface area contributed by atoms with Gasteiger partial charge in [0.2, 0.25) is 0 Å². The lowest BCUT2D eigenvalue weighted by Crippen LogP contribution is -2.51. The first-order chi connectivity index (χ1) is 12.2. The van der Waals surface area contributed by atoms with E-state index in [0.29, 0.717) is 12.6 Å². The molecule has 25 heavy (non-hydrogen) atoms. The van der Waals surface area contributed by atoms with Gasteiger partial charge in [0.25, 0.3) is 0 Å². The van der Waals surface area contributed by atoms with Crippen molar-refractivity contribution in [3.05, 3.63) is 23.0 Å². The fourth-order valence-electron chi connectivity index (χ4n) is 3.70. The van der Waals surface area contributed by atoms with Crippen molar-refractivity contribution in [1.29, 1.82) is 0 Å². The lowest BCUT2D eigenvalue weighted by molar-refractivity contribution is 0.0130. The Morgan fingerprint density at radius 1 is 1.20 bits per heavy atom. The molecule has 2 aromatic heterocycles. The van der Waals surface area contributed by atoms with Crippen LogP contribution in [0.4, 0.5) is 5.82 Å². The maximum atomic E-state index is 5.80. The summed E-state index contributed by atoms with van der Waals surface area (Å²) in [6.07, 6.45) is 0.906. The summed E-state index contributed by atoms with van der Waals surface area (Å²) in [6, 6.07) is 2.74. The van der Waals surface area contributed by atoms with Crippen LogP contribution in [0.25, 0.3) is 5.65 Å². The number of aryl methyl sites for hydroxylation is 3. The zero-order valence-electron chi connectivity index (χ0n) is 15.3. The molecule has 4 rings (SSSR count). The van der Waals surface area contributed by atoms with E-state index in [1.54, 1.807) is 0 Å². The van der Waals surface area contributed by atoms with Crippen LogP contribution in [0, 0.1) is 13.8 Å². The number of hydrogen-bond acceptors (Lipinski definition) is 6. The highest BCUT2D eigenvalue weighted by molar-refractivity contribution is 5.56. The monoisotopic (exact) mass is 345 g/mol. The van der Waals surface area contributed by atoms with Crippen molar-refractivity contribution < 1.29 is 9.47 Å². The van der Waals surface area contributed by atoms with Crippen LogP contribution in [-0.4, -0.2) is 71.1 Å². The minimum atomic E-state index is 0.248. The minimum Gasteiger partial charge on any atom is -0.379 e. The summed E-state index contributed by atoms with van der Waals surface area (Å²) in [6.45, 7) is 11.3. The number of aromatic nitrogens is 3. The quantitative estimate of drug-likeness (QED) is 0.904. The smallest absolute Gasteiger partial charge is 0.160 e. The molecule has 7 heteroatoms. The number of nitrogens with one attached hydrogen (secondary N) is 1. The summed E-state index contributed by atoms with van der Waals surface area (Å²) >= 11 is 0. The molecule has 4 heterocycles. The Hall–Kier alpha value is -1.70. The van der Waals surface area contributed by atoms with Gasteiger partial charge < -0.3 is 14.8 Å². The third-order valence-electron chi connectivity index (χ3n) is 5.37. The molecule has 0 aromatic carbocycles. The summed E-state index contributed by atoms with van der Waals surface area (Å²) < 4.78 is 13.2. The minimum absolute atomic E-state index is 0.248. The first kappa shape index (κ1) is 16.8. The van der Waals surface area contributed by atoms with Crippen LogP contribution < -0.4 is 5.32 Å². The van der Waals surface area contributed by atoms with Gasteiger partial charge in [0.05, 0.1) is 44.2 Å². The van der Waals surface area contributed by atoms with Crippen LogP contribution in [0.15, 0.2) is 6.07 Å². The summed E-state index contributed by atoms with van der Waals surface area (Å²) in [4.78, 5) is 7.24. The topological polar surface area (TPSA) is 63.9 Å². The molecule has 0 aliphatic carbocycles. The van der Waals surface area contributed by atoms with E-state index in [0.717, 1.165) is 67.7 Å². The van der Waals surface area contributed by atoms with Gasteiger partial charge in [0.1, 0.15) is 5.82 Å². The molecule has 136 valence electrons. The van der Waals surface area contributed by atoms with Gasteiger partial charge in [-0.3, -0.25) is 4.90 Å². The predicted molar refractivity (Wildman–Crippen MR) is 96.2 cm³/mol. The standard InChI is InChI=1S/C18H27N5O2/c1-4-14-9-17(23-18(19-14)12(2)13(3)21-23)20-15-10-25-11-16(15)22-5-7-24-8-6-22/h9,15-16,20H,4-8,10-11H2,1-3H3. The third kappa shape index (κ3) is 3.12. The summed E-state index contributed by atoms with van der Waals surface area (Å²) in [5.74, 6) is 1.01. The number of anilines is 1. The van der Waals surface area contributed by atoms with E-state index >= 15 is 0 Å². The van der Waals surface area contributed by atoms with E-state index in [-0.39, 0.29) is 6.04 Å². The van der Waals surface area contributed by atoms with Crippen LogP contribution in [0.5, 0.6) is 0 Å². The van der Waals surface area contributed by atoms with Crippen LogP contribution in [0.3, 0.4) is 0 Å². The first-order valence-corrected chi connectivity index (χ1v) is 9.19. The second-order valence-electron chi connectivity index (χ2n) is 6.94. The van der Waals surface area contributed by atoms with E-state index in [1.165, 1.54) is 0 Å². The number of rotatable bonds is 4. The summed E-state index contributed by atoms with van der Waals surface area (Å²) in [5, 5.41) is 8.38. The Labute approximate surface area is 148 Å². The molecule has 0 spiro atoms. The first-order valence-electron chi connectivity index (χ1n) is 9.19. The molecule has 2 aromatic rings. The van der Waals surface area contributed by atoms with Gasteiger partial charge in [-0.05, 0) is 20.3 Å². The number of hydrogen-bond donors (Lipinski definition) is 1. The van der Waals surface area contributed by atoms with E-state index in [4.69, 9.17) is 14.5 Å². The lowest BCUT2D eigenvalue weighted by atomic mass is 10.1. The van der Waals surface area contributed by atoms with Crippen molar-refractivity contribution in [3.8, 4) is 0 Å². The fraction of sp³-hybridized carbons (Fsp3) is 0.667. The van der Waals surface area contributed by atoms with E-state index in [2.05, 4.69) is 35.2 Å². The highest BCUT2D eigenvalue weighted by Crippen LogP contribution is 2.23. The van der Waals surface area contributed by atoms with Gasteiger partial charge in [-0.15, -0.1) is 0 Å². The van der Waals surface area contributed by atoms with Gasteiger partial charge in [-0.2, -0.15) is 9.61 Å². The zero-order valence-corrected chi connectivity index (χ0v) is 15.3. The molecule has 0 saturated carbocycles. The Kier molecular flexibility index (Phi) is 4.62. The lowest BCUT2D eigenvalue weighted by Gasteiger charge is -2.34. The Morgan fingerprint density at radius 2 is 2.00 bits per heavy atom. The fourth-order valence-corrected chi connectivity index (χ4v) is 3.70. The largest absolute Gasteiger partial charge is 0.379 e. The molecule has 0 radical (unpaired) electrons. The molecule has 2 aliphatic rings. The van der Waals surface area contributed by atoms with Gasteiger partial charge in [-0.25, -0.2) is 4.98 Å². The molecule has 2 fully saturated rings. The molecule has 1 N–H and O–H groups in total. The van der Waals surface area contributed by atoms with Crippen LogP contribution in [0.1, 0.15) is 23.9 Å². The molecule has 7 nitrogen and oxygen atoms in total. The molecular formula is C18H27N5O2. The zero-order chi connectivity index (χ0) is 17.4. The summed E-state index contributed by atoms with van der Waals surface area (Å²) in [5.41, 5.74) is 4.20. The highest BCUT2D eigenvalue weighted by atomic mass is 16.5. The molecule has 2 saturated heterocycles. The molecule has 0 amide bonds. The van der Waals surface area contributed by atoms with Crippen LogP contribution in [-0.2, 0) is 15.9 Å². The number of nitrogens with zero attached hydrogens (tertiary/aromatic N) is 4. The third-order valence-corrected chi connectivity index (χ3v) is 5.37. The highest BCUT2D eigenvalue weighted by Gasteiger charge is 2.34. The Morgan fingerprint density at radius 3 is 2.76 bits per heavy atom. The molecule has 0 bridgehead atoms. The van der Waals surface area contributed by atoms with Crippen LogP contribution >= 0.6 is 0 Å². The Balaban J connectivity index is 1.64. The number of morpholine rings is 1.